The molecule has 0 saturated carbocycles. The second kappa shape index (κ2) is 10.6. The van der Waals surface area contributed by atoms with Crippen LogP contribution in [0.4, 0.5) is 10.5 Å². The molecule has 0 saturated heterocycles. The Balaban J connectivity index is 1.63. The van der Waals surface area contributed by atoms with E-state index in [1.807, 2.05) is 19.1 Å². The third-order valence-corrected chi connectivity index (χ3v) is 5.39. The van der Waals surface area contributed by atoms with Crippen molar-refractivity contribution >= 4 is 23.4 Å². The van der Waals surface area contributed by atoms with Crippen LogP contribution in [0.2, 0.25) is 0 Å². The molecular formula is C25H25N5O5. The van der Waals surface area contributed by atoms with Gasteiger partial charge in [-0.2, -0.15) is 10.1 Å². The number of carbonyl (C=O) groups is 2. The van der Waals surface area contributed by atoms with Crippen LogP contribution < -0.4 is 14.8 Å². The first kappa shape index (κ1) is 23.7. The van der Waals surface area contributed by atoms with E-state index in [1.54, 1.807) is 50.6 Å². The summed E-state index contributed by atoms with van der Waals surface area (Å²) in [6.07, 6.45) is 2.45. The Bertz CT molecular complexity index is 1250. The normalized spacial score (nSPS) is 15.2. The van der Waals surface area contributed by atoms with E-state index in [1.165, 1.54) is 17.4 Å². The molecule has 1 atom stereocenters. The van der Waals surface area contributed by atoms with Gasteiger partial charge in [0, 0.05) is 23.6 Å². The second-order valence-electron chi connectivity index (χ2n) is 7.58. The van der Waals surface area contributed by atoms with Gasteiger partial charge >= 0.3 is 6.09 Å². The highest BCUT2D eigenvalue weighted by molar-refractivity contribution is 6.06. The summed E-state index contributed by atoms with van der Waals surface area (Å²) in [4.78, 5) is 33.3. The van der Waals surface area contributed by atoms with Crippen molar-refractivity contribution in [3.63, 3.8) is 0 Å². The van der Waals surface area contributed by atoms with Crippen LogP contribution in [0.15, 0.2) is 66.0 Å². The largest absolute Gasteiger partial charge is 0.493 e. The molecule has 2 amide bonds. The van der Waals surface area contributed by atoms with Gasteiger partial charge in [-0.3, -0.25) is 4.79 Å². The Labute approximate surface area is 202 Å². The first-order chi connectivity index (χ1) is 17.0. The molecule has 1 aliphatic rings. The molecule has 4 rings (SSSR count). The van der Waals surface area contributed by atoms with Gasteiger partial charge < -0.3 is 19.5 Å². The van der Waals surface area contributed by atoms with Crippen molar-refractivity contribution in [3.8, 4) is 11.5 Å². The molecule has 1 aliphatic heterocycles. The fourth-order valence-electron chi connectivity index (χ4n) is 3.63. The van der Waals surface area contributed by atoms with E-state index in [0.717, 1.165) is 5.56 Å². The van der Waals surface area contributed by atoms with Crippen molar-refractivity contribution in [1.82, 2.24) is 15.0 Å². The Hall–Kier alpha value is -4.47. The minimum Gasteiger partial charge on any atom is -0.493 e. The van der Waals surface area contributed by atoms with Gasteiger partial charge in [0.1, 0.15) is 11.8 Å². The quantitative estimate of drug-likeness (QED) is 0.526. The zero-order valence-corrected chi connectivity index (χ0v) is 19.6. The molecule has 1 aromatic heterocycles. The monoisotopic (exact) mass is 475 g/mol. The topological polar surface area (TPSA) is 115 Å². The van der Waals surface area contributed by atoms with Gasteiger partial charge in [-0.25, -0.2) is 14.8 Å². The number of benzene rings is 2. The van der Waals surface area contributed by atoms with Crippen molar-refractivity contribution in [2.24, 2.45) is 5.10 Å². The number of anilines is 1. The van der Waals surface area contributed by atoms with Crippen molar-refractivity contribution in [3.05, 3.63) is 77.9 Å². The number of rotatable bonds is 8. The van der Waals surface area contributed by atoms with Crippen LogP contribution in [0.5, 0.6) is 11.5 Å². The summed E-state index contributed by atoms with van der Waals surface area (Å²) >= 11 is 0. The van der Waals surface area contributed by atoms with E-state index >= 15 is 0 Å². The molecule has 1 N–H and O–H groups in total. The highest BCUT2D eigenvalue weighted by Gasteiger charge is 2.31. The smallest absolute Gasteiger partial charge is 0.431 e. The number of cyclic esters (lactones) is 1. The standard InChI is InChI=1S/C25H25N5O5/c1-4-19-22(16-10-11-20(33-2)21(14-16)34-3)29-30(25(32)35-19)15-17-8-5-6-9-18(17)28-24(31)23-26-12-7-13-27-23/h5-14,19H,4,15H2,1-3H3,(H,28,31). The molecule has 3 aromatic rings. The summed E-state index contributed by atoms with van der Waals surface area (Å²) in [5.74, 6) is 0.711. The van der Waals surface area contributed by atoms with Crippen LogP contribution in [0.3, 0.4) is 0 Å². The van der Waals surface area contributed by atoms with Crippen LogP contribution in [0.25, 0.3) is 0 Å². The van der Waals surface area contributed by atoms with E-state index in [9.17, 15) is 9.59 Å². The predicted molar refractivity (Wildman–Crippen MR) is 129 cm³/mol. The summed E-state index contributed by atoms with van der Waals surface area (Å²) in [6, 6.07) is 14.2. The Morgan fingerprint density at radius 1 is 1.06 bits per heavy atom. The molecule has 1 unspecified atom stereocenters. The maximum absolute atomic E-state index is 12.8. The molecule has 0 aliphatic carbocycles. The van der Waals surface area contributed by atoms with Gasteiger partial charge in [-0.1, -0.05) is 25.1 Å². The lowest BCUT2D eigenvalue weighted by Gasteiger charge is -2.30. The molecule has 35 heavy (non-hydrogen) atoms. The molecule has 180 valence electrons. The maximum atomic E-state index is 12.8. The van der Waals surface area contributed by atoms with Gasteiger partial charge in [-0.05, 0) is 42.3 Å². The number of amides is 2. The van der Waals surface area contributed by atoms with Crippen LogP contribution >= 0.6 is 0 Å². The fraction of sp³-hybridized carbons (Fsp3) is 0.240. The Kier molecular flexibility index (Phi) is 7.20. The summed E-state index contributed by atoms with van der Waals surface area (Å²) in [5, 5.41) is 8.67. The number of nitrogens with zero attached hydrogens (tertiary/aromatic N) is 4. The van der Waals surface area contributed by atoms with E-state index in [0.29, 0.717) is 34.9 Å². The third-order valence-electron chi connectivity index (χ3n) is 5.39. The van der Waals surface area contributed by atoms with Crippen LogP contribution in [0, 0.1) is 0 Å². The highest BCUT2D eigenvalue weighted by atomic mass is 16.6. The number of ether oxygens (including phenoxy) is 3. The highest BCUT2D eigenvalue weighted by Crippen LogP contribution is 2.30. The van der Waals surface area contributed by atoms with Gasteiger partial charge in [0.25, 0.3) is 5.91 Å². The Morgan fingerprint density at radius 3 is 2.51 bits per heavy atom. The van der Waals surface area contributed by atoms with Gasteiger partial charge in [-0.15, -0.1) is 0 Å². The molecule has 0 fully saturated rings. The summed E-state index contributed by atoms with van der Waals surface area (Å²) in [6.45, 7) is 2.00. The fourth-order valence-corrected chi connectivity index (χ4v) is 3.63. The number of nitrogens with one attached hydrogen (secondary N) is 1. The zero-order valence-electron chi connectivity index (χ0n) is 19.6. The van der Waals surface area contributed by atoms with Gasteiger partial charge in [0.15, 0.2) is 11.5 Å². The number of hydrazone groups is 1. The first-order valence-electron chi connectivity index (χ1n) is 11.0. The van der Waals surface area contributed by atoms with E-state index in [4.69, 9.17) is 14.2 Å². The summed E-state index contributed by atoms with van der Waals surface area (Å²) < 4.78 is 16.4. The molecule has 0 bridgehead atoms. The molecule has 2 aromatic carbocycles. The van der Waals surface area contributed by atoms with Crippen molar-refractivity contribution in [2.45, 2.75) is 26.0 Å². The minimum absolute atomic E-state index is 0.0410. The SMILES string of the molecule is CCC1OC(=O)N(Cc2ccccc2NC(=O)c2ncccn2)N=C1c1ccc(OC)c(OC)c1. The molecule has 0 radical (unpaired) electrons. The van der Waals surface area contributed by atoms with E-state index in [-0.39, 0.29) is 12.4 Å². The number of methoxy groups -OCH3 is 2. The van der Waals surface area contributed by atoms with Crippen molar-refractivity contribution in [1.29, 1.82) is 0 Å². The van der Waals surface area contributed by atoms with Gasteiger partial charge in [0.05, 0.1) is 20.8 Å². The van der Waals surface area contributed by atoms with Crippen LogP contribution in [-0.4, -0.2) is 53.0 Å². The third kappa shape index (κ3) is 5.21. The van der Waals surface area contributed by atoms with Crippen molar-refractivity contribution in [2.75, 3.05) is 19.5 Å². The molecule has 10 heteroatoms. The Morgan fingerprint density at radius 2 is 1.80 bits per heavy atom. The first-order valence-corrected chi connectivity index (χ1v) is 11.0. The number of hydrogen-bond acceptors (Lipinski definition) is 8. The lowest BCUT2D eigenvalue weighted by atomic mass is 10.0. The van der Waals surface area contributed by atoms with E-state index < -0.39 is 18.1 Å². The predicted octanol–water partition coefficient (Wildman–Crippen LogP) is 3.88. The molecule has 10 nitrogen and oxygen atoms in total. The second-order valence-corrected chi connectivity index (χ2v) is 7.58. The molecule has 2 heterocycles. The molecule has 0 spiro atoms. The average Bonchev–Trinajstić information content (AvgIpc) is 2.90. The summed E-state index contributed by atoms with van der Waals surface area (Å²) in [7, 11) is 3.12. The number of para-hydroxylation sites is 1. The minimum atomic E-state index is -0.575. The van der Waals surface area contributed by atoms with Crippen LogP contribution in [0.1, 0.15) is 35.1 Å². The lowest BCUT2D eigenvalue weighted by molar-refractivity contribution is 0.0713. The average molecular weight is 476 g/mol. The number of hydrogen-bond donors (Lipinski definition) is 1. The zero-order chi connectivity index (χ0) is 24.8. The van der Waals surface area contributed by atoms with E-state index in [2.05, 4.69) is 20.4 Å². The van der Waals surface area contributed by atoms with Crippen LogP contribution in [-0.2, 0) is 11.3 Å². The number of aromatic nitrogens is 2. The lowest BCUT2D eigenvalue weighted by Crippen LogP contribution is -2.41. The summed E-state index contributed by atoms with van der Waals surface area (Å²) in [5.41, 5.74) is 2.51. The van der Waals surface area contributed by atoms with Gasteiger partial charge in [0.2, 0.25) is 5.82 Å². The maximum Gasteiger partial charge on any atom is 0.431 e. The number of carbonyl (C=O) groups excluding carboxylic acids is 2. The van der Waals surface area contributed by atoms with Crippen molar-refractivity contribution < 1.29 is 23.8 Å². The molecular weight excluding hydrogens is 450 g/mol.